The van der Waals surface area contributed by atoms with E-state index >= 15 is 0 Å². The summed E-state index contributed by atoms with van der Waals surface area (Å²) in [6.45, 7) is 3.60. The predicted molar refractivity (Wildman–Crippen MR) is 114 cm³/mol. The van der Waals surface area contributed by atoms with E-state index < -0.39 is 6.03 Å². The minimum Gasteiger partial charge on any atom is -0.359 e. The molecule has 2 aromatic carbocycles. The molecular formula is C21H16Cl2N4O2. The van der Waals surface area contributed by atoms with Gasteiger partial charge in [-0.05, 0) is 31.5 Å². The van der Waals surface area contributed by atoms with Crippen LogP contribution in [0.5, 0.6) is 0 Å². The Kier molecular flexibility index (Phi) is 5.13. The van der Waals surface area contributed by atoms with Crippen LogP contribution in [0.25, 0.3) is 22.5 Å². The van der Waals surface area contributed by atoms with Crippen molar-refractivity contribution in [3.05, 3.63) is 76.1 Å². The zero-order valence-corrected chi connectivity index (χ0v) is 17.1. The Morgan fingerprint density at radius 2 is 1.69 bits per heavy atom. The van der Waals surface area contributed by atoms with Gasteiger partial charge in [-0.15, -0.1) is 0 Å². The molecule has 0 aliphatic heterocycles. The van der Waals surface area contributed by atoms with E-state index in [9.17, 15) is 4.79 Å². The monoisotopic (exact) mass is 426 g/mol. The SMILES string of the molecule is Cc1cn(C(=O)Nc2c(-c3c(Cl)cccc3Cl)noc2C)nc1-c1ccccc1. The quantitative estimate of drug-likeness (QED) is 0.422. The van der Waals surface area contributed by atoms with E-state index in [1.54, 1.807) is 31.3 Å². The molecule has 0 radical (unpaired) electrons. The number of carbonyl (C=O) groups excluding carboxylic acids is 1. The van der Waals surface area contributed by atoms with E-state index in [4.69, 9.17) is 27.7 Å². The Morgan fingerprint density at radius 1 is 1.00 bits per heavy atom. The van der Waals surface area contributed by atoms with Gasteiger partial charge < -0.3 is 9.84 Å². The second-order valence-electron chi connectivity index (χ2n) is 6.46. The first-order valence-corrected chi connectivity index (χ1v) is 9.55. The molecule has 0 bridgehead atoms. The van der Waals surface area contributed by atoms with Crippen LogP contribution in [-0.4, -0.2) is 21.0 Å². The lowest BCUT2D eigenvalue weighted by atomic mass is 10.1. The lowest BCUT2D eigenvalue weighted by molar-refractivity contribution is 0.251. The van der Waals surface area contributed by atoms with Crippen LogP contribution in [0.2, 0.25) is 10.0 Å². The average Bonchev–Trinajstić information content (AvgIpc) is 3.26. The minimum atomic E-state index is -0.453. The molecule has 0 saturated carbocycles. The van der Waals surface area contributed by atoms with Gasteiger partial charge in [0.1, 0.15) is 11.4 Å². The molecule has 1 N–H and O–H groups in total. The van der Waals surface area contributed by atoms with Crippen molar-refractivity contribution in [3.8, 4) is 22.5 Å². The number of hydrogen-bond donors (Lipinski definition) is 1. The summed E-state index contributed by atoms with van der Waals surface area (Å²) in [6, 6.07) is 14.3. The molecule has 8 heteroatoms. The van der Waals surface area contributed by atoms with Gasteiger partial charge in [-0.25, -0.2) is 4.79 Å². The van der Waals surface area contributed by atoms with Crippen molar-refractivity contribution in [2.45, 2.75) is 13.8 Å². The van der Waals surface area contributed by atoms with Gasteiger partial charge in [0.05, 0.1) is 15.7 Å². The molecule has 2 aromatic heterocycles. The van der Waals surface area contributed by atoms with Crippen molar-refractivity contribution in [2.24, 2.45) is 0 Å². The largest absolute Gasteiger partial charge is 0.359 e. The molecule has 0 spiro atoms. The number of benzene rings is 2. The average molecular weight is 427 g/mol. The molecule has 1 amide bonds. The molecule has 0 aliphatic rings. The molecule has 146 valence electrons. The summed E-state index contributed by atoms with van der Waals surface area (Å²) in [6.07, 6.45) is 1.67. The molecular weight excluding hydrogens is 411 g/mol. The molecule has 6 nitrogen and oxygen atoms in total. The minimum absolute atomic E-state index is 0.360. The van der Waals surface area contributed by atoms with Crippen molar-refractivity contribution >= 4 is 34.9 Å². The third-order valence-electron chi connectivity index (χ3n) is 4.45. The molecule has 4 aromatic rings. The van der Waals surface area contributed by atoms with Crippen LogP contribution < -0.4 is 5.32 Å². The second kappa shape index (κ2) is 7.73. The first-order chi connectivity index (χ1) is 14.0. The number of carbonyl (C=O) groups is 1. The van der Waals surface area contributed by atoms with E-state index in [1.165, 1.54) is 4.68 Å². The summed E-state index contributed by atoms with van der Waals surface area (Å²) in [5, 5.41) is 12.1. The Morgan fingerprint density at radius 3 is 2.38 bits per heavy atom. The number of amides is 1. The van der Waals surface area contributed by atoms with E-state index in [2.05, 4.69) is 15.6 Å². The molecule has 0 saturated heterocycles. The van der Waals surface area contributed by atoms with Gasteiger partial charge in [-0.1, -0.05) is 64.8 Å². The first kappa shape index (κ1) is 19.2. The van der Waals surface area contributed by atoms with E-state index in [0.29, 0.717) is 32.8 Å². The Hall–Kier alpha value is -3.09. The fourth-order valence-corrected chi connectivity index (χ4v) is 3.60. The number of anilines is 1. The molecule has 29 heavy (non-hydrogen) atoms. The molecule has 0 fully saturated rings. The van der Waals surface area contributed by atoms with Gasteiger partial charge in [0.2, 0.25) is 0 Å². The molecule has 0 unspecified atom stereocenters. The molecule has 4 rings (SSSR count). The molecule has 2 heterocycles. The highest BCUT2D eigenvalue weighted by Gasteiger charge is 2.22. The Labute approximate surface area is 177 Å². The molecule has 0 atom stereocenters. The third-order valence-corrected chi connectivity index (χ3v) is 5.08. The Balaban J connectivity index is 1.68. The van der Waals surface area contributed by atoms with Crippen LogP contribution in [0.15, 0.2) is 59.3 Å². The second-order valence-corrected chi connectivity index (χ2v) is 7.27. The normalized spacial score (nSPS) is 10.9. The summed E-state index contributed by atoms with van der Waals surface area (Å²) < 4.78 is 6.54. The van der Waals surface area contributed by atoms with Crippen LogP contribution in [-0.2, 0) is 0 Å². The smallest absolute Gasteiger partial charge is 0.346 e. The van der Waals surface area contributed by atoms with Crippen LogP contribution in [0.3, 0.4) is 0 Å². The maximum Gasteiger partial charge on any atom is 0.346 e. The van der Waals surface area contributed by atoms with Crippen LogP contribution in [0, 0.1) is 13.8 Å². The standard InChI is InChI=1S/C21H16Cl2N4O2/c1-12-11-27(25-18(12)14-7-4-3-5-8-14)21(28)24-19-13(2)29-26-20(19)17-15(22)9-6-10-16(17)23/h3-11H,1-2H3,(H,24,28). The van der Waals surface area contributed by atoms with Crippen LogP contribution >= 0.6 is 23.2 Å². The summed E-state index contributed by atoms with van der Waals surface area (Å²) in [5.41, 5.74) is 3.78. The number of halogens is 2. The van der Waals surface area contributed by atoms with E-state index in [-0.39, 0.29) is 0 Å². The van der Waals surface area contributed by atoms with Gasteiger partial charge in [0, 0.05) is 17.3 Å². The van der Waals surface area contributed by atoms with Gasteiger partial charge >= 0.3 is 6.03 Å². The summed E-state index contributed by atoms with van der Waals surface area (Å²) in [7, 11) is 0. The topological polar surface area (TPSA) is 73.0 Å². The van der Waals surface area contributed by atoms with Crippen LogP contribution in [0.1, 0.15) is 11.3 Å². The number of hydrogen-bond acceptors (Lipinski definition) is 4. The highest BCUT2D eigenvalue weighted by Crippen LogP contribution is 2.39. The molecule has 0 aliphatic carbocycles. The van der Waals surface area contributed by atoms with Crippen molar-refractivity contribution < 1.29 is 9.32 Å². The van der Waals surface area contributed by atoms with Crippen molar-refractivity contribution in [1.29, 1.82) is 0 Å². The zero-order chi connectivity index (χ0) is 20.5. The summed E-state index contributed by atoms with van der Waals surface area (Å²) in [4.78, 5) is 12.9. The summed E-state index contributed by atoms with van der Waals surface area (Å²) >= 11 is 12.6. The Bertz CT molecular complexity index is 1180. The fourth-order valence-electron chi connectivity index (χ4n) is 3.02. The number of nitrogens with one attached hydrogen (secondary N) is 1. The number of rotatable bonds is 3. The van der Waals surface area contributed by atoms with Gasteiger partial charge in [-0.3, -0.25) is 0 Å². The highest BCUT2D eigenvalue weighted by molar-refractivity contribution is 6.39. The maximum absolute atomic E-state index is 12.9. The van der Waals surface area contributed by atoms with Crippen molar-refractivity contribution in [1.82, 2.24) is 14.9 Å². The number of nitrogens with zero attached hydrogens (tertiary/aromatic N) is 3. The lowest BCUT2D eigenvalue weighted by Crippen LogP contribution is -2.20. The highest BCUT2D eigenvalue weighted by atomic mass is 35.5. The van der Waals surface area contributed by atoms with E-state index in [1.807, 2.05) is 37.3 Å². The lowest BCUT2D eigenvalue weighted by Gasteiger charge is -2.08. The predicted octanol–water partition coefficient (Wildman–Crippen LogP) is 6.21. The number of aryl methyl sites for hydroxylation is 2. The van der Waals surface area contributed by atoms with Crippen molar-refractivity contribution in [2.75, 3.05) is 5.32 Å². The zero-order valence-electron chi connectivity index (χ0n) is 15.6. The summed E-state index contributed by atoms with van der Waals surface area (Å²) in [5.74, 6) is 0.427. The first-order valence-electron chi connectivity index (χ1n) is 8.79. The van der Waals surface area contributed by atoms with Gasteiger partial charge in [0.25, 0.3) is 0 Å². The van der Waals surface area contributed by atoms with Gasteiger partial charge in [0.15, 0.2) is 5.76 Å². The maximum atomic E-state index is 12.9. The third kappa shape index (κ3) is 3.64. The van der Waals surface area contributed by atoms with Crippen LogP contribution in [0.4, 0.5) is 10.5 Å². The van der Waals surface area contributed by atoms with E-state index in [0.717, 1.165) is 16.8 Å². The van der Waals surface area contributed by atoms with Gasteiger partial charge in [-0.2, -0.15) is 9.78 Å². The fraction of sp³-hybridized carbons (Fsp3) is 0.0952. The number of aromatic nitrogens is 3. The van der Waals surface area contributed by atoms with Crippen molar-refractivity contribution in [3.63, 3.8) is 0 Å².